The van der Waals surface area contributed by atoms with Gasteiger partial charge in [0.2, 0.25) is 5.91 Å². The third-order valence-electron chi connectivity index (χ3n) is 9.60. The summed E-state index contributed by atoms with van der Waals surface area (Å²) in [7, 11) is -2.65. The fourth-order valence-corrected chi connectivity index (χ4v) is 10.1. The van der Waals surface area contributed by atoms with Crippen molar-refractivity contribution < 1.29 is 29.0 Å². The molecule has 1 fully saturated rings. The lowest BCUT2D eigenvalue weighted by Crippen LogP contribution is -2.48. The SMILES string of the molecule is C[C@@H]1[C@@H]([Si](C)(C)O)[C@H](CC(=O)N2Cc3ccccc3C[C@H]2CO)O[C@@H]1CCc1ccc(N2C(=O)COc3ccccc32)cc1. The topological polar surface area (TPSA) is 99.5 Å². The van der Waals surface area contributed by atoms with Gasteiger partial charge in [-0.15, -0.1) is 0 Å². The van der Waals surface area contributed by atoms with Gasteiger partial charge in [0.25, 0.3) is 5.91 Å². The van der Waals surface area contributed by atoms with Crippen molar-refractivity contribution in [3.63, 3.8) is 0 Å². The number of carbonyl (C=O) groups is 2. The predicted octanol–water partition coefficient (Wildman–Crippen LogP) is 4.98. The van der Waals surface area contributed by atoms with E-state index in [1.54, 1.807) is 9.80 Å². The summed E-state index contributed by atoms with van der Waals surface area (Å²) in [5, 5.41) is 10.1. The van der Waals surface area contributed by atoms with Crippen LogP contribution in [0.4, 0.5) is 11.4 Å². The largest absolute Gasteiger partial charge is 0.482 e. The first-order valence-electron chi connectivity index (χ1n) is 15.6. The van der Waals surface area contributed by atoms with E-state index in [2.05, 4.69) is 13.0 Å². The number of para-hydroxylation sites is 2. The first-order chi connectivity index (χ1) is 21.1. The summed E-state index contributed by atoms with van der Waals surface area (Å²) in [6.07, 6.45) is 1.93. The number of aliphatic hydroxyl groups excluding tert-OH is 1. The maximum atomic E-state index is 13.7. The molecule has 3 heterocycles. The second-order valence-electron chi connectivity index (χ2n) is 13.0. The summed E-state index contributed by atoms with van der Waals surface area (Å²) in [4.78, 5) is 41.2. The third-order valence-corrected chi connectivity index (χ3v) is 12.1. The monoisotopic (exact) mass is 614 g/mol. The van der Waals surface area contributed by atoms with Gasteiger partial charge in [0.1, 0.15) is 5.75 Å². The lowest BCUT2D eigenvalue weighted by Gasteiger charge is -2.37. The number of hydrogen-bond acceptors (Lipinski definition) is 6. The molecule has 232 valence electrons. The molecule has 0 aliphatic carbocycles. The van der Waals surface area contributed by atoms with Gasteiger partial charge in [0, 0.05) is 17.8 Å². The summed E-state index contributed by atoms with van der Waals surface area (Å²) in [6, 6.07) is 23.4. The molecule has 2 amide bonds. The fourth-order valence-electron chi connectivity index (χ4n) is 7.45. The molecule has 3 aromatic rings. The Bertz CT molecular complexity index is 1510. The molecular weight excluding hydrogens is 572 g/mol. The van der Waals surface area contributed by atoms with Crippen molar-refractivity contribution in [1.29, 1.82) is 0 Å². The van der Waals surface area contributed by atoms with Crippen molar-refractivity contribution in [2.24, 2.45) is 5.92 Å². The maximum Gasteiger partial charge on any atom is 0.269 e. The molecule has 5 atom stereocenters. The summed E-state index contributed by atoms with van der Waals surface area (Å²) < 4.78 is 12.2. The average Bonchev–Trinajstić information content (AvgIpc) is 3.34. The zero-order valence-corrected chi connectivity index (χ0v) is 26.7. The van der Waals surface area contributed by atoms with Crippen LogP contribution in [0.3, 0.4) is 0 Å². The van der Waals surface area contributed by atoms with Crippen LogP contribution >= 0.6 is 0 Å². The molecule has 0 radical (unpaired) electrons. The number of benzene rings is 3. The molecule has 2 N–H and O–H groups in total. The van der Waals surface area contributed by atoms with Crippen molar-refractivity contribution in [3.8, 4) is 5.75 Å². The van der Waals surface area contributed by atoms with E-state index in [1.807, 2.05) is 79.8 Å². The van der Waals surface area contributed by atoms with Gasteiger partial charge in [-0.05, 0) is 79.2 Å². The average molecular weight is 615 g/mol. The van der Waals surface area contributed by atoms with Crippen LogP contribution in [0.25, 0.3) is 0 Å². The highest BCUT2D eigenvalue weighted by Gasteiger charge is 2.50. The van der Waals surface area contributed by atoms with E-state index in [0.29, 0.717) is 18.7 Å². The molecule has 0 aromatic heterocycles. The van der Waals surface area contributed by atoms with E-state index in [-0.39, 0.29) is 61.2 Å². The summed E-state index contributed by atoms with van der Waals surface area (Å²) in [5.74, 6) is 0.663. The molecule has 0 saturated carbocycles. The van der Waals surface area contributed by atoms with Crippen LogP contribution in [0.5, 0.6) is 5.75 Å². The Kier molecular flexibility index (Phi) is 8.65. The van der Waals surface area contributed by atoms with E-state index < -0.39 is 8.32 Å². The Morgan fingerprint density at radius 2 is 1.68 bits per heavy atom. The molecule has 9 heteroatoms. The van der Waals surface area contributed by atoms with Crippen LogP contribution in [0, 0.1) is 5.92 Å². The lowest BCUT2D eigenvalue weighted by atomic mass is 9.93. The van der Waals surface area contributed by atoms with Crippen LogP contribution in [0.15, 0.2) is 72.8 Å². The van der Waals surface area contributed by atoms with Crippen molar-refractivity contribution in [1.82, 2.24) is 4.90 Å². The summed E-state index contributed by atoms with van der Waals surface area (Å²) in [5.41, 5.74) is 4.89. The number of aliphatic hydroxyl groups is 1. The molecule has 8 nitrogen and oxygen atoms in total. The molecule has 3 aromatic carbocycles. The molecule has 3 aliphatic rings. The van der Waals surface area contributed by atoms with Crippen molar-refractivity contribution in [2.75, 3.05) is 18.1 Å². The zero-order valence-electron chi connectivity index (χ0n) is 25.7. The van der Waals surface area contributed by atoms with Crippen molar-refractivity contribution in [3.05, 3.63) is 89.5 Å². The van der Waals surface area contributed by atoms with Gasteiger partial charge in [0.05, 0.1) is 37.0 Å². The highest BCUT2D eigenvalue weighted by atomic mass is 28.4. The molecule has 0 spiro atoms. The number of rotatable bonds is 8. The predicted molar refractivity (Wildman–Crippen MR) is 171 cm³/mol. The standard InChI is InChI=1S/C35H42N2O6Si/c1-23-30(17-14-24-12-15-27(16-13-24)37-29-10-6-7-11-31(29)42-22-34(37)40)43-32(35(23)44(2,3)41)19-33(39)36-20-26-9-5-4-8-25(26)18-28(36)21-38/h4-13,15-16,23,28,30,32,35,38,41H,14,17-22H2,1-3H3/t23-,28-,30+,32-,35+/m0/s1. The number of nitrogens with zero attached hydrogens (tertiary/aromatic N) is 2. The minimum Gasteiger partial charge on any atom is -0.482 e. The van der Waals surface area contributed by atoms with Crippen molar-refractivity contribution in [2.45, 2.75) is 76.0 Å². The van der Waals surface area contributed by atoms with Crippen LogP contribution in [-0.2, 0) is 33.7 Å². The smallest absolute Gasteiger partial charge is 0.269 e. The molecule has 1 saturated heterocycles. The van der Waals surface area contributed by atoms with Crippen LogP contribution in [-0.4, -0.2) is 66.4 Å². The van der Waals surface area contributed by atoms with Gasteiger partial charge in [-0.3, -0.25) is 14.5 Å². The van der Waals surface area contributed by atoms with Gasteiger partial charge in [-0.25, -0.2) is 0 Å². The highest BCUT2D eigenvalue weighted by Crippen LogP contribution is 2.46. The number of carbonyl (C=O) groups excluding carboxylic acids is 2. The van der Waals surface area contributed by atoms with Gasteiger partial charge in [-0.1, -0.05) is 55.5 Å². The molecular formula is C35H42N2O6Si. The number of anilines is 2. The summed E-state index contributed by atoms with van der Waals surface area (Å²) >= 11 is 0. The van der Waals surface area contributed by atoms with Crippen LogP contribution < -0.4 is 9.64 Å². The van der Waals surface area contributed by atoms with Gasteiger partial charge >= 0.3 is 0 Å². The number of hydrogen-bond donors (Lipinski definition) is 2. The Morgan fingerprint density at radius 1 is 0.977 bits per heavy atom. The number of aryl methyl sites for hydroxylation is 1. The number of amides is 2. The minimum absolute atomic E-state index is 0.0107. The first-order valence-corrected chi connectivity index (χ1v) is 18.6. The van der Waals surface area contributed by atoms with E-state index in [1.165, 1.54) is 5.56 Å². The third kappa shape index (κ3) is 6.06. The Balaban J connectivity index is 1.12. The molecule has 6 rings (SSSR count). The van der Waals surface area contributed by atoms with Crippen LogP contribution in [0.2, 0.25) is 18.6 Å². The van der Waals surface area contributed by atoms with E-state index >= 15 is 0 Å². The van der Waals surface area contributed by atoms with E-state index in [9.17, 15) is 19.5 Å². The fraction of sp³-hybridized carbons (Fsp3) is 0.429. The second-order valence-corrected chi connectivity index (χ2v) is 17.0. The van der Waals surface area contributed by atoms with Crippen LogP contribution in [0.1, 0.15) is 36.5 Å². The normalized spacial score (nSPS) is 24.9. The molecule has 0 unspecified atom stereocenters. The first kappa shape index (κ1) is 30.5. The van der Waals surface area contributed by atoms with Gasteiger partial charge in [-0.2, -0.15) is 0 Å². The second kappa shape index (κ2) is 12.5. The Hall–Kier alpha value is -3.50. The molecule has 44 heavy (non-hydrogen) atoms. The molecule has 0 bridgehead atoms. The highest BCUT2D eigenvalue weighted by molar-refractivity contribution is 6.71. The van der Waals surface area contributed by atoms with E-state index in [0.717, 1.165) is 35.3 Å². The maximum absolute atomic E-state index is 13.7. The quantitative estimate of drug-likeness (QED) is 0.347. The van der Waals surface area contributed by atoms with Gasteiger partial charge < -0.3 is 24.3 Å². The van der Waals surface area contributed by atoms with E-state index in [4.69, 9.17) is 9.47 Å². The van der Waals surface area contributed by atoms with Crippen molar-refractivity contribution >= 4 is 31.5 Å². The molecule has 3 aliphatic heterocycles. The zero-order chi connectivity index (χ0) is 31.0. The minimum atomic E-state index is -2.65. The number of ether oxygens (including phenoxy) is 2. The lowest BCUT2D eigenvalue weighted by molar-refractivity contribution is -0.138. The van der Waals surface area contributed by atoms with Gasteiger partial charge in [0.15, 0.2) is 14.9 Å². The number of fused-ring (bicyclic) bond motifs is 2. The Labute approximate surface area is 260 Å². The Morgan fingerprint density at radius 3 is 2.41 bits per heavy atom. The summed E-state index contributed by atoms with van der Waals surface area (Å²) in [6.45, 7) is 6.43.